The summed E-state index contributed by atoms with van der Waals surface area (Å²) in [7, 11) is 4.16. The van der Waals surface area contributed by atoms with Crippen molar-refractivity contribution >= 4 is 22.5 Å². The summed E-state index contributed by atoms with van der Waals surface area (Å²) in [4.78, 5) is 14.6. The maximum absolute atomic E-state index is 12.4. The van der Waals surface area contributed by atoms with Crippen molar-refractivity contribution in [2.75, 3.05) is 39.0 Å². The normalized spacial score (nSPS) is 16.1. The number of hydrogen-bond donors (Lipinski definition) is 2. The van der Waals surface area contributed by atoms with Gasteiger partial charge in [-0.3, -0.25) is 4.79 Å². The van der Waals surface area contributed by atoms with Crippen LogP contribution in [-0.2, 0) is 11.3 Å². The van der Waals surface area contributed by atoms with E-state index in [0.29, 0.717) is 0 Å². The molecule has 0 saturated carbocycles. The number of aromatic nitrogens is 1. The van der Waals surface area contributed by atoms with Crippen molar-refractivity contribution in [3.8, 4) is 0 Å². The fraction of sp³-hybridized carbons (Fsp3) is 0.500. The highest BCUT2D eigenvalue weighted by Crippen LogP contribution is 2.22. The van der Waals surface area contributed by atoms with Crippen LogP contribution in [0.5, 0.6) is 0 Å². The van der Waals surface area contributed by atoms with Crippen LogP contribution in [0.2, 0.25) is 0 Å². The molecule has 1 fully saturated rings. The van der Waals surface area contributed by atoms with Crippen LogP contribution in [0.4, 0.5) is 5.69 Å². The van der Waals surface area contributed by atoms with Gasteiger partial charge < -0.3 is 20.1 Å². The molecule has 1 aliphatic heterocycles. The number of piperidine rings is 1. The Morgan fingerprint density at radius 1 is 1.30 bits per heavy atom. The van der Waals surface area contributed by atoms with Crippen molar-refractivity contribution in [1.82, 2.24) is 14.8 Å². The first-order chi connectivity index (χ1) is 11.1. The van der Waals surface area contributed by atoms with Crippen LogP contribution in [0.1, 0.15) is 12.8 Å². The van der Waals surface area contributed by atoms with Crippen LogP contribution < -0.4 is 10.6 Å². The Kier molecular flexibility index (Phi) is 4.98. The molecule has 0 radical (unpaired) electrons. The van der Waals surface area contributed by atoms with Crippen LogP contribution in [0.25, 0.3) is 10.9 Å². The van der Waals surface area contributed by atoms with Crippen molar-refractivity contribution in [2.45, 2.75) is 19.4 Å². The summed E-state index contributed by atoms with van der Waals surface area (Å²) in [6, 6.07) is 8.30. The molecular weight excluding hydrogens is 288 g/mol. The molecule has 1 aromatic carbocycles. The van der Waals surface area contributed by atoms with E-state index in [2.05, 4.69) is 58.6 Å². The van der Waals surface area contributed by atoms with Gasteiger partial charge in [-0.15, -0.1) is 0 Å². The fourth-order valence-corrected chi connectivity index (χ4v) is 3.09. The average molecular weight is 314 g/mol. The zero-order valence-corrected chi connectivity index (χ0v) is 14.0. The largest absolute Gasteiger partial charge is 0.346 e. The van der Waals surface area contributed by atoms with Gasteiger partial charge in [0.25, 0.3) is 0 Å². The average Bonchev–Trinajstić information content (AvgIpc) is 2.96. The lowest BCUT2D eigenvalue weighted by atomic mass is 9.97. The van der Waals surface area contributed by atoms with E-state index in [-0.39, 0.29) is 11.8 Å². The van der Waals surface area contributed by atoms with Gasteiger partial charge in [0.15, 0.2) is 0 Å². The second-order valence-corrected chi connectivity index (χ2v) is 6.60. The number of carbonyl (C=O) groups is 1. The molecule has 1 aliphatic rings. The Balaban J connectivity index is 1.73. The molecular formula is C18H26N4O. The van der Waals surface area contributed by atoms with E-state index in [9.17, 15) is 4.79 Å². The number of rotatable bonds is 5. The molecule has 0 spiro atoms. The second-order valence-electron chi connectivity index (χ2n) is 6.60. The lowest BCUT2D eigenvalue weighted by molar-refractivity contribution is -0.120. The first-order valence-corrected chi connectivity index (χ1v) is 8.39. The Labute approximate surface area is 137 Å². The molecule has 1 amide bonds. The van der Waals surface area contributed by atoms with Crippen LogP contribution in [0, 0.1) is 5.92 Å². The van der Waals surface area contributed by atoms with Crippen molar-refractivity contribution < 1.29 is 4.79 Å². The summed E-state index contributed by atoms with van der Waals surface area (Å²) in [6.07, 6.45) is 3.97. The second kappa shape index (κ2) is 7.15. The number of likely N-dealkylation sites (N-methyl/N-ethyl adjacent to an activating group) is 1. The predicted octanol–water partition coefficient (Wildman–Crippen LogP) is 2.14. The third-order valence-corrected chi connectivity index (χ3v) is 4.54. The molecule has 1 aromatic heterocycles. The molecule has 0 bridgehead atoms. The number of hydrogen-bond acceptors (Lipinski definition) is 3. The predicted molar refractivity (Wildman–Crippen MR) is 94.7 cm³/mol. The maximum Gasteiger partial charge on any atom is 0.227 e. The summed E-state index contributed by atoms with van der Waals surface area (Å²) in [5.74, 6) is 0.282. The highest BCUT2D eigenvalue weighted by Gasteiger charge is 2.20. The molecule has 3 rings (SSSR count). The number of nitrogens with zero attached hydrogens (tertiary/aromatic N) is 2. The highest BCUT2D eigenvalue weighted by atomic mass is 16.1. The van der Waals surface area contributed by atoms with Gasteiger partial charge in [0.1, 0.15) is 0 Å². The smallest absolute Gasteiger partial charge is 0.227 e. The highest BCUT2D eigenvalue weighted by molar-refractivity contribution is 5.95. The number of benzene rings is 1. The maximum atomic E-state index is 12.4. The summed E-state index contributed by atoms with van der Waals surface area (Å²) in [5.41, 5.74) is 2.07. The first kappa shape index (κ1) is 16.0. The lowest BCUT2D eigenvalue weighted by Crippen LogP contribution is -2.34. The number of anilines is 1. The van der Waals surface area contributed by atoms with Gasteiger partial charge in [-0.1, -0.05) is 6.07 Å². The topological polar surface area (TPSA) is 49.3 Å². The van der Waals surface area contributed by atoms with Gasteiger partial charge in [-0.05, 0) is 63.6 Å². The molecule has 0 unspecified atom stereocenters. The van der Waals surface area contributed by atoms with E-state index in [1.54, 1.807) is 0 Å². The molecule has 1 saturated heterocycles. The summed E-state index contributed by atoms with van der Waals surface area (Å²) in [5, 5.41) is 7.60. The monoisotopic (exact) mass is 314 g/mol. The summed E-state index contributed by atoms with van der Waals surface area (Å²) < 4.78 is 2.25. The van der Waals surface area contributed by atoms with Crippen molar-refractivity contribution in [1.29, 1.82) is 0 Å². The van der Waals surface area contributed by atoms with Crippen LogP contribution in [0.3, 0.4) is 0 Å². The Morgan fingerprint density at radius 3 is 2.83 bits per heavy atom. The van der Waals surface area contributed by atoms with E-state index < -0.39 is 0 Å². The first-order valence-electron chi connectivity index (χ1n) is 8.39. The van der Waals surface area contributed by atoms with Gasteiger partial charge in [0.2, 0.25) is 5.91 Å². The van der Waals surface area contributed by atoms with Crippen LogP contribution in [0.15, 0.2) is 30.5 Å². The minimum Gasteiger partial charge on any atom is -0.346 e. The van der Waals surface area contributed by atoms with Gasteiger partial charge in [-0.2, -0.15) is 0 Å². The molecule has 124 valence electrons. The van der Waals surface area contributed by atoms with Gasteiger partial charge in [0.05, 0.1) is 5.52 Å². The number of nitrogens with one attached hydrogen (secondary N) is 2. The fourth-order valence-electron chi connectivity index (χ4n) is 3.09. The molecule has 2 aromatic rings. The van der Waals surface area contributed by atoms with E-state index in [0.717, 1.165) is 44.7 Å². The van der Waals surface area contributed by atoms with Gasteiger partial charge in [-0.25, -0.2) is 0 Å². The Morgan fingerprint density at radius 2 is 2.09 bits per heavy atom. The SMILES string of the molecule is CN(C)CCn1ccc2ccc(NC(=O)C3CCNCC3)cc21. The number of amides is 1. The van der Waals surface area contributed by atoms with Gasteiger partial charge in [0, 0.05) is 30.9 Å². The van der Waals surface area contributed by atoms with E-state index in [1.807, 2.05) is 6.07 Å². The lowest BCUT2D eigenvalue weighted by Gasteiger charge is -2.21. The van der Waals surface area contributed by atoms with E-state index in [4.69, 9.17) is 0 Å². The Hall–Kier alpha value is -1.85. The summed E-state index contributed by atoms with van der Waals surface area (Å²) in [6.45, 7) is 3.81. The Bertz CT molecular complexity index is 671. The number of carbonyl (C=O) groups excluding carboxylic acids is 1. The molecule has 2 N–H and O–H groups in total. The zero-order chi connectivity index (χ0) is 16.2. The minimum absolute atomic E-state index is 0.132. The molecule has 0 aliphatic carbocycles. The third kappa shape index (κ3) is 3.92. The molecule has 2 heterocycles. The van der Waals surface area contributed by atoms with Crippen LogP contribution in [-0.4, -0.2) is 49.1 Å². The van der Waals surface area contributed by atoms with Crippen molar-refractivity contribution in [2.24, 2.45) is 5.92 Å². The standard InChI is InChI=1S/C18H26N4O/c1-21(2)11-12-22-10-7-14-3-4-16(13-17(14)22)20-18(23)15-5-8-19-9-6-15/h3-4,7,10,13,15,19H,5-6,8-9,11-12H2,1-2H3,(H,20,23). The van der Waals surface area contributed by atoms with E-state index in [1.165, 1.54) is 10.9 Å². The minimum atomic E-state index is 0.132. The molecule has 23 heavy (non-hydrogen) atoms. The van der Waals surface area contributed by atoms with Crippen molar-refractivity contribution in [3.63, 3.8) is 0 Å². The molecule has 5 nitrogen and oxygen atoms in total. The molecule has 0 atom stereocenters. The zero-order valence-electron chi connectivity index (χ0n) is 14.0. The summed E-state index contributed by atoms with van der Waals surface area (Å²) >= 11 is 0. The number of fused-ring (bicyclic) bond motifs is 1. The van der Waals surface area contributed by atoms with Crippen LogP contribution >= 0.6 is 0 Å². The quantitative estimate of drug-likeness (QED) is 0.889. The third-order valence-electron chi connectivity index (χ3n) is 4.54. The van der Waals surface area contributed by atoms with Crippen molar-refractivity contribution in [3.05, 3.63) is 30.5 Å². The van der Waals surface area contributed by atoms with E-state index >= 15 is 0 Å². The van der Waals surface area contributed by atoms with Gasteiger partial charge >= 0.3 is 0 Å². The molecule has 5 heteroatoms.